The van der Waals surface area contributed by atoms with Gasteiger partial charge in [-0.2, -0.15) is 0 Å². The number of benzene rings is 3. The number of rotatable bonds is 8. The monoisotopic (exact) mass is 466 g/mol. The highest BCUT2D eigenvalue weighted by Crippen LogP contribution is 2.40. The van der Waals surface area contributed by atoms with Crippen LogP contribution < -0.4 is 19.5 Å². The van der Waals surface area contributed by atoms with E-state index in [-0.39, 0.29) is 18.1 Å². The molecule has 33 heavy (non-hydrogen) atoms. The smallest absolute Gasteiger partial charge is 0.228 e. The van der Waals surface area contributed by atoms with Crippen molar-refractivity contribution in [3.05, 3.63) is 72.0 Å². The number of aromatic amines is 1. The second-order valence-electron chi connectivity index (χ2n) is 7.17. The molecule has 1 heterocycles. The molecule has 0 spiro atoms. The van der Waals surface area contributed by atoms with Crippen molar-refractivity contribution >= 4 is 34.3 Å². The summed E-state index contributed by atoms with van der Waals surface area (Å²) in [5.74, 6) is 0.863. The van der Waals surface area contributed by atoms with Crippen LogP contribution in [0.1, 0.15) is 5.56 Å². The molecule has 0 radical (unpaired) electrons. The average Bonchev–Trinajstić information content (AvgIpc) is 3.16. The maximum absolute atomic E-state index is 13.3. The molecular formula is C25H23FN2O4S. The van der Waals surface area contributed by atoms with Gasteiger partial charge in [0.25, 0.3) is 0 Å². The van der Waals surface area contributed by atoms with Gasteiger partial charge in [0, 0.05) is 39.2 Å². The van der Waals surface area contributed by atoms with E-state index in [0.29, 0.717) is 22.9 Å². The molecule has 1 aromatic heterocycles. The van der Waals surface area contributed by atoms with E-state index in [1.54, 1.807) is 24.3 Å². The first-order valence-corrected chi connectivity index (χ1v) is 11.0. The van der Waals surface area contributed by atoms with Crippen molar-refractivity contribution in [2.75, 3.05) is 26.6 Å². The lowest BCUT2D eigenvalue weighted by molar-refractivity contribution is -0.115. The molecule has 4 aromatic rings. The molecule has 0 aliphatic rings. The van der Waals surface area contributed by atoms with Gasteiger partial charge in [-0.25, -0.2) is 4.39 Å². The molecule has 3 aromatic carbocycles. The number of nitrogens with one attached hydrogen (secondary N) is 2. The number of methoxy groups -OCH3 is 3. The molecule has 0 fully saturated rings. The third-order valence-corrected chi connectivity index (χ3v) is 6.15. The van der Waals surface area contributed by atoms with Gasteiger partial charge in [0.15, 0.2) is 11.5 Å². The second kappa shape index (κ2) is 9.87. The van der Waals surface area contributed by atoms with Crippen LogP contribution in [0.25, 0.3) is 10.9 Å². The fraction of sp³-hybridized carbons (Fsp3) is 0.160. The number of ether oxygens (including phenoxy) is 3. The summed E-state index contributed by atoms with van der Waals surface area (Å²) >= 11 is 1.46. The van der Waals surface area contributed by atoms with Gasteiger partial charge in [0.05, 0.1) is 32.8 Å². The lowest BCUT2D eigenvalue weighted by Gasteiger charge is -2.14. The van der Waals surface area contributed by atoms with E-state index in [9.17, 15) is 9.18 Å². The number of aromatic nitrogens is 1. The summed E-state index contributed by atoms with van der Waals surface area (Å²) in [6.45, 7) is 0. The predicted octanol–water partition coefficient (Wildman–Crippen LogP) is 5.67. The molecule has 0 unspecified atom stereocenters. The van der Waals surface area contributed by atoms with Gasteiger partial charge in [0.2, 0.25) is 11.7 Å². The molecule has 4 rings (SSSR count). The van der Waals surface area contributed by atoms with E-state index in [2.05, 4.69) is 10.3 Å². The summed E-state index contributed by atoms with van der Waals surface area (Å²) < 4.78 is 29.4. The molecule has 170 valence electrons. The SMILES string of the molecule is COc1cc(NC(=O)Cc2c(Sc3ccc(F)cc3)[nH]c3ccccc23)cc(OC)c1OC. The van der Waals surface area contributed by atoms with Crippen LogP contribution >= 0.6 is 11.8 Å². The minimum absolute atomic E-state index is 0.143. The van der Waals surface area contributed by atoms with E-state index in [1.165, 1.54) is 45.2 Å². The lowest BCUT2D eigenvalue weighted by Crippen LogP contribution is -2.15. The molecule has 0 atom stereocenters. The second-order valence-corrected chi connectivity index (χ2v) is 8.26. The fourth-order valence-corrected chi connectivity index (χ4v) is 4.55. The first-order chi connectivity index (χ1) is 16.0. The van der Waals surface area contributed by atoms with Crippen LogP contribution in [0.4, 0.5) is 10.1 Å². The van der Waals surface area contributed by atoms with Gasteiger partial charge in [-0.05, 0) is 30.3 Å². The Kier molecular flexibility index (Phi) is 6.74. The number of H-pyrrole nitrogens is 1. The number of hydrogen-bond acceptors (Lipinski definition) is 5. The number of para-hydroxylation sites is 1. The van der Waals surface area contributed by atoms with Crippen LogP contribution in [-0.2, 0) is 11.2 Å². The molecule has 0 bridgehead atoms. The normalized spacial score (nSPS) is 10.8. The number of carbonyl (C=O) groups is 1. The van der Waals surface area contributed by atoms with Crippen molar-refractivity contribution in [1.82, 2.24) is 4.98 Å². The fourth-order valence-electron chi connectivity index (χ4n) is 3.58. The number of amides is 1. The molecule has 1 amide bonds. The summed E-state index contributed by atoms with van der Waals surface area (Å²) in [5, 5.41) is 4.71. The third kappa shape index (κ3) is 4.90. The van der Waals surface area contributed by atoms with Gasteiger partial charge >= 0.3 is 0 Å². The van der Waals surface area contributed by atoms with E-state index >= 15 is 0 Å². The first-order valence-electron chi connectivity index (χ1n) is 10.1. The van der Waals surface area contributed by atoms with Crippen molar-refractivity contribution in [3.8, 4) is 17.2 Å². The quantitative estimate of drug-likeness (QED) is 0.350. The molecule has 0 saturated carbocycles. The summed E-state index contributed by atoms with van der Waals surface area (Å²) in [4.78, 5) is 17.3. The Labute approximate surface area is 195 Å². The van der Waals surface area contributed by atoms with E-state index < -0.39 is 0 Å². The van der Waals surface area contributed by atoms with Gasteiger partial charge < -0.3 is 24.5 Å². The van der Waals surface area contributed by atoms with Gasteiger partial charge in [-0.15, -0.1) is 0 Å². The number of fused-ring (bicyclic) bond motifs is 1. The molecular weight excluding hydrogens is 443 g/mol. The zero-order valence-electron chi connectivity index (χ0n) is 18.4. The Morgan fingerprint density at radius 1 is 0.970 bits per heavy atom. The zero-order chi connectivity index (χ0) is 23.4. The topological polar surface area (TPSA) is 72.6 Å². The van der Waals surface area contributed by atoms with Gasteiger partial charge in [-0.3, -0.25) is 4.79 Å². The summed E-state index contributed by atoms with van der Waals surface area (Å²) in [6.07, 6.45) is 0.143. The first kappa shape index (κ1) is 22.5. The van der Waals surface area contributed by atoms with Gasteiger partial charge in [0.1, 0.15) is 5.82 Å². The summed E-state index contributed by atoms with van der Waals surface area (Å²) in [7, 11) is 4.57. The largest absolute Gasteiger partial charge is 0.493 e. The number of hydrogen-bond donors (Lipinski definition) is 2. The van der Waals surface area contributed by atoms with Crippen LogP contribution in [0.5, 0.6) is 17.2 Å². The maximum Gasteiger partial charge on any atom is 0.228 e. The average molecular weight is 467 g/mol. The Morgan fingerprint density at radius 3 is 2.27 bits per heavy atom. The van der Waals surface area contributed by atoms with E-state index in [0.717, 1.165) is 26.4 Å². The standard InChI is InChI=1S/C25H23FN2O4S/c1-30-21-12-16(13-22(31-2)24(21)32-3)27-23(29)14-19-18-6-4-5-7-20(18)28-25(19)33-17-10-8-15(26)9-11-17/h4-13,28H,14H2,1-3H3,(H,27,29). The van der Waals surface area contributed by atoms with Crippen LogP contribution in [-0.4, -0.2) is 32.2 Å². The van der Waals surface area contributed by atoms with Gasteiger partial charge in [-0.1, -0.05) is 30.0 Å². The Balaban J connectivity index is 1.62. The van der Waals surface area contributed by atoms with E-state index in [4.69, 9.17) is 14.2 Å². The van der Waals surface area contributed by atoms with Crippen LogP contribution in [0, 0.1) is 5.82 Å². The Hall–Kier alpha value is -3.65. The van der Waals surface area contributed by atoms with Crippen molar-refractivity contribution in [3.63, 3.8) is 0 Å². The highest BCUT2D eigenvalue weighted by atomic mass is 32.2. The minimum Gasteiger partial charge on any atom is -0.493 e. The summed E-state index contributed by atoms with van der Waals surface area (Å²) in [6, 6.07) is 17.4. The van der Waals surface area contributed by atoms with Crippen molar-refractivity contribution in [1.29, 1.82) is 0 Å². The highest BCUT2D eigenvalue weighted by Gasteiger charge is 2.18. The Bertz CT molecular complexity index is 1260. The molecule has 6 nitrogen and oxygen atoms in total. The van der Waals surface area contributed by atoms with Crippen LogP contribution in [0.3, 0.4) is 0 Å². The minimum atomic E-state index is -0.291. The van der Waals surface area contributed by atoms with Crippen molar-refractivity contribution < 1.29 is 23.4 Å². The lowest BCUT2D eigenvalue weighted by atomic mass is 10.1. The maximum atomic E-state index is 13.3. The van der Waals surface area contributed by atoms with Crippen LogP contribution in [0.2, 0.25) is 0 Å². The molecule has 0 aliphatic carbocycles. The molecule has 8 heteroatoms. The van der Waals surface area contributed by atoms with Crippen molar-refractivity contribution in [2.24, 2.45) is 0 Å². The highest BCUT2D eigenvalue weighted by molar-refractivity contribution is 7.99. The van der Waals surface area contributed by atoms with Crippen molar-refractivity contribution in [2.45, 2.75) is 16.3 Å². The third-order valence-electron chi connectivity index (χ3n) is 5.09. The zero-order valence-corrected chi connectivity index (χ0v) is 19.2. The number of anilines is 1. The molecule has 0 aliphatic heterocycles. The van der Waals surface area contributed by atoms with E-state index in [1.807, 2.05) is 24.3 Å². The summed E-state index contributed by atoms with van der Waals surface area (Å²) in [5.41, 5.74) is 2.32. The molecule has 0 saturated heterocycles. The Morgan fingerprint density at radius 2 is 1.64 bits per heavy atom. The number of carbonyl (C=O) groups excluding carboxylic acids is 1. The van der Waals surface area contributed by atoms with Crippen LogP contribution in [0.15, 0.2) is 70.6 Å². The molecule has 2 N–H and O–H groups in total. The number of halogens is 1. The predicted molar refractivity (Wildman–Crippen MR) is 127 cm³/mol.